The Morgan fingerprint density at radius 2 is 0.800 bits per heavy atom. The smallest absolute Gasteiger partial charge is 0.119 e. The summed E-state index contributed by atoms with van der Waals surface area (Å²) in [6.07, 6.45) is 0. The number of aromatic nitrogens is 1. The van der Waals surface area contributed by atoms with Gasteiger partial charge in [-0.05, 0) is 134 Å². The van der Waals surface area contributed by atoms with Crippen molar-refractivity contribution in [2.75, 3.05) is 24.0 Å². The maximum Gasteiger partial charge on any atom is 0.119 e. The summed E-state index contributed by atoms with van der Waals surface area (Å²) >= 11 is 0. The molecule has 0 atom stereocenters. The summed E-state index contributed by atoms with van der Waals surface area (Å²) in [6, 6.07) is 45.8. The Balaban J connectivity index is 1.43. The number of fused-ring (bicyclic) bond motifs is 3. The summed E-state index contributed by atoms with van der Waals surface area (Å²) in [5.41, 5.74) is 10.0. The minimum atomic E-state index is -0.00899. The number of hydrogen-bond donors (Lipinski definition) is 2. The molecule has 0 aliphatic rings. The average molecular weight is 664 g/mol. The van der Waals surface area contributed by atoms with Crippen LogP contribution in [0.5, 0.6) is 11.5 Å². The molecule has 0 radical (unpaired) electrons. The highest BCUT2D eigenvalue weighted by Crippen LogP contribution is 2.43. The Hall–Kier alpha value is -5.76. The lowest BCUT2D eigenvalue weighted by molar-refractivity contribution is 0.281. The van der Waals surface area contributed by atoms with Crippen molar-refractivity contribution in [1.82, 2.24) is 4.57 Å². The fourth-order valence-corrected chi connectivity index (χ4v) is 6.72. The highest BCUT2D eigenvalue weighted by atomic mass is 16.5. The molecule has 7 aromatic rings. The van der Waals surface area contributed by atoms with Crippen molar-refractivity contribution in [1.29, 1.82) is 0 Å². The molecule has 0 spiro atoms. The van der Waals surface area contributed by atoms with E-state index in [2.05, 4.69) is 88.9 Å². The third-order valence-corrected chi connectivity index (χ3v) is 9.22. The van der Waals surface area contributed by atoms with Crippen LogP contribution in [0.1, 0.15) is 31.0 Å². The fraction of sp³-hybridized carbons (Fsp3) is 0.163. The Morgan fingerprint density at radius 3 is 1.10 bits per heavy atom. The second-order valence-electron chi connectivity index (χ2n) is 12.6. The highest BCUT2D eigenvalue weighted by molar-refractivity contribution is 6.11. The van der Waals surface area contributed by atoms with E-state index in [1.165, 1.54) is 0 Å². The summed E-state index contributed by atoms with van der Waals surface area (Å²) < 4.78 is 13.3. The molecule has 0 fully saturated rings. The summed E-state index contributed by atoms with van der Waals surface area (Å²) in [5, 5.41) is 21.7. The van der Waals surface area contributed by atoms with Crippen molar-refractivity contribution >= 4 is 55.9 Å². The van der Waals surface area contributed by atoms with Crippen LogP contribution in [0, 0.1) is 0 Å². The number of aliphatic hydroxyl groups is 2. The number of rotatable bonds is 11. The van der Waals surface area contributed by atoms with Gasteiger partial charge < -0.3 is 34.1 Å². The van der Waals surface area contributed by atoms with Crippen LogP contribution in [-0.2, 0) is 13.2 Å². The highest BCUT2D eigenvalue weighted by Gasteiger charge is 2.20. The second kappa shape index (κ2) is 14.0. The first-order valence-corrected chi connectivity index (χ1v) is 16.8. The van der Waals surface area contributed by atoms with Crippen LogP contribution in [0.4, 0.5) is 34.1 Å². The fourth-order valence-electron chi connectivity index (χ4n) is 6.72. The molecular weight excluding hydrogens is 622 g/mol. The van der Waals surface area contributed by atoms with Gasteiger partial charge in [0.1, 0.15) is 11.5 Å². The zero-order valence-corrected chi connectivity index (χ0v) is 28.7. The van der Waals surface area contributed by atoms with Gasteiger partial charge >= 0.3 is 0 Å². The summed E-state index contributed by atoms with van der Waals surface area (Å²) in [6.45, 7) is 4.43. The predicted molar refractivity (Wildman–Crippen MR) is 204 cm³/mol. The van der Waals surface area contributed by atoms with E-state index < -0.39 is 0 Å². The molecule has 6 aromatic carbocycles. The van der Waals surface area contributed by atoms with Gasteiger partial charge in [-0.3, -0.25) is 0 Å². The molecule has 1 heterocycles. The number of nitrogens with zero attached hydrogens (tertiary/aromatic N) is 3. The first-order chi connectivity index (χ1) is 24.4. The Labute approximate surface area is 292 Å². The zero-order chi connectivity index (χ0) is 34.8. The van der Waals surface area contributed by atoms with Gasteiger partial charge in [-0.15, -0.1) is 0 Å². The molecule has 2 N–H and O–H groups in total. The lowest BCUT2D eigenvalue weighted by Crippen LogP contribution is -2.10. The predicted octanol–water partition coefficient (Wildman–Crippen LogP) is 10.3. The Kier molecular flexibility index (Phi) is 9.17. The maximum atomic E-state index is 9.73. The summed E-state index contributed by atoms with van der Waals surface area (Å²) in [4.78, 5) is 4.46. The van der Waals surface area contributed by atoms with Gasteiger partial charge in [0.2, 0.25) is 0 Å². The van der Waals surface area contributed by atoms with Crippen LogP contribution in [-0.4, -0.2) is 29.0 Å². The van der Waals surface area contributed by atoms with Crippen LogP contribution in [0.2, 0.25) is 0 Å². The second-order valence-corrected chi connectivity index (χ2v) is 12.6. The van der Waals surface area contributed by atoms with Crippen molar-refractivity contribution in [3.8, 4) is 11.5 Å². The molecule has 0 bridgehead atoms. The topological polar surface area (TPSA) is 70.3 Å². The van der Waals surface area contributed by atoms with E-state index in [1.54, 1.807) is 14.2 Å². The standard InChI is InChI=1S/C43H41N3O4/c1-29(2)44-42-23-17-36(45(32-9-5-30(27-47)6-10-32)34-13-19-38(49-3)20-14-34)25-40(42)41-26-37(18-24-43(41)44)46(33-11-7-31(28-48)8-12-33)35-15-21-39(50-4)22-16-35/h5-26,29,47-48H,27-28H2,1-4H3. The summed E-state index contributed by atoms with van der Waals surface area (Å²) in [5.74, 6) is 1.58. The van der Waals surface area contributed by atoms with Gasteiger partial charge in [0, 0.05) is 62.0 Å². The van der Waals surface area contributed by atoms with Crippen LogP contribution in [0.25, 0.3) is 21.8 Å². The third-order valence-electron chi connectivity index (χ3n) is 9.22. The van der Waals surface area contributed by atoms with Crippen molar-refractivity contribution in [2.24, 2.45) is 0 Å². The molecule has 0 saturated heterocycles. The van der Waals surface area contributed by atoms with E-state index in [0.717, 1.165) is 78.6 Å². The molecule has 7 nitrogen and oxygen atoms in total. The number of methoxy groups -OCH3 is 2. The van der Waals surface area contributed by atoms with Gasteiger partial charge in [-0.25, -0.2) is 0 Å². The van der Waals surface area contributed by atoms with E-state index in [-0.39, 0.29) is 19.3 Å². The molecule has 50 heavy (non-hydrogen) atoms. The van der Waals surface area contributed by atoms with Crippen molar-refractivity contribution in [3.05, 3.63) is 145 Å². The molecule has 0 unspecified atom stereocenters. The largest absolute Gasteiger partial charge is 0.497 e. The Morgan fingerprint density at radius 1 is 0.480 bits per heavy atom. The average Bonchev–Trinajstić information content (AvgIpc) is 3.49. The number of anilines is 6. The molecule has 7 rings (SSSR count). The van der Waals surface area contributed by atoms with Gasteiger partial charge in [-0.2, -0.15) is 0 Å². The molecule has 0 amide bonds. The minimum absolute atomic E-state index is 0.00899. The normalized spacial score (nSPS) is 11.3. The lowest BCUT2D eigenvalue weighted by atomic mass is 10.1. The van der Waals surface area contributed by atoms with Gasteiger partial charge in [0.05, 0.1) is 27.4 Å². The Bertz CT molecular complexity index is 1970. The van der Waals surface area contributed by atoms with Crippen molar-refractivity contribution in [3.63, 3.8) is 0 Å². The third kappa shape index (κ3) is 6.13. The molecular formula is C43H41N3O4. The van der Waals surface area contributed by atoms with E-state index in [1.807, 2.05) is 72.8 Å². The van der Waals surface area contributed by atoms with E-state index in [9.17, 15) is 10.2 Å². The molecule has 7 heteroatoms. The van der Waals surface area contributed by atoms with Gasteiger partial charge in [-0.1, -0.05) is 24.3 Å². The van der Waals surface area contributed by atoms with E-state index >= 15 is 0 Å². The quantitative estimate of drug-likeness (QED) is 0.144. The summed E-state index contributed by atoms with van der Waals surface area (Å²) in [7, 11) is 3.35. The van der Waals surface area contributed by atoms with Crippen LogP contribution in [0.3, 0.4) is 0 Å². The number of aliphatic hydroxyl groups excluding tert-OH is 2. The first-order valence-electron chi connectivity index (χ1n) is 16.8. The maximum absolute atomic E-state index is 9.73. The van der Waals surface area contributed by atoms with Gasteiger partial charge in [0.25, 0.3) is 0 Å². The molecule has 0 aliphatic heterocycles. The number of benzene rings is 6. The minimum Gasteiger partial charge on any atom is -0.497 e. The lowest BCUT2D eigenvalue weighted by Gasteiger charge is -2.26. The van der Waals surface area contributed by atoms with Crippen molar-refractivity contribution < 1.29 is 19.7 Å². The number of hydrogen-bond acceptors (Lipinski definition) is 6. The molecule has 0 saturated carbocycles. The van der Waals surface area contributed by atoms with Gasteiger partial charge in [0.15, 0.2) is 0 Å². The molecule has 252 valence electrons. The van der Waals surface area contributed by atoms with E-state index in [0.29, 0.717) is 0 Å². The number of ether oxygens (including phenoxy) is 2. The van der Waals surface area contributed by atoms with Crippen molar-refractivity contribution in [2.45, 2.75) is 33.1 Å². The molecule has 0 aliphatic carbocycles. The van der Waals surface area contributed by atoms with Crippen LogP contribution < -0.4 is 19.3 Å². The zero-order valence-electron chi connectivity index (χ0n) is 28.7. The van der Waals surface area contributed by atoms with Crippen LogP contribution >= 0.6 is 0 Å². The molecule has 1 aromatic heterocycles. The SMILES string of the molecule is COc1ccc(N(c2ccc(CO)cc2)c2ccc3c(c2)c2cc(N(c4ccc(CO)cc4)c4ccc(OC)cc4)ccc2n3C(C)C)cc1. The first kappa shape index (κ1) is 32.8. The van der Waals surface area contributed by atoms with E-state index in [4.69, 9.17) is 9.47 Å². The monoisotopic (exact) mass is 663 g/mol. The van der Waals surface area contributed by atoms with Crippen LogP contribution in [0.15, 0.2) is 133 Å².